The summed E-state index contributed by atoms with van der Waals surface area (Å²) in [5.74, 6) is 0.355. The Labute approximate surface area is 133 Å². The first-order chi connectivity index (χ1) is 10.4. The van der Waals surface area contributed by atoms with Crippen molar-refractivity contribution in [2.45, 2.75) is 39.0 Å². The van der Waals surface area contributed by atoms with Gasteiger partial charge in [0.1, 0.15) is 0 Å². The molecule has 1 saturated heterocycles. The minimum atomic E-state index is -0.0905. The minimum absolute atomic E-state index is 0.0107. The molecule has 0 aliphatic carbocycles. The highest BCUT2D eigenvalue weighted by Crippen LogP contribution is 2.23. The van der Waals surface area contributed by atoms with Crippen LogP contribution in [0.1, 0.15) is 37.8 Å². The molecule has 0 radical (unpaired) electrons. The number of hydrogen-bond donors (Lipinski definition) is 2. The molecule has 4 nitrogen and oxygen atoms in total. The summed E-state index contributed by atoms with van der Waals surface area (Å²) >= 11 is 0. The van der Waals surface area contributed by atoms with Gasteiger partial charge in [-0.2, -0.15) is 0 Å². The molecule has 0 saturated carbocycles. The first-order valence-corrected chi connectivity index (χ1v) is 8.13. The average Bonchev–Trinajstić information content (AvgIpc) is 2.53. The van der Waals surface area contributed by atoms with Crippen LogP contribution in [0.3, 0.4) is 0 Å². The van der Waals surface area contributed by atoms with Crippen molar-refractivity contribution in [3.63, 3.8) is 0 Å². The van der Waals surface area contributed by atoms with Gasteiger partial charge in [0.25, 0.3) is 0 Å². The van der Waals surface area contributed by atoms with E-state index in [4.69, 9.17) is 5.11 Å². The minimum Gasteiger partial charge on any atom is -0.396 e. The maximum Gasteiger partial charge on any atom is 0.317 e. The van der Waals surface area contributed by atoms with Crippen LogP contribution in [0, 0.1) is 12.8 Å². The Morgan fingerprint density at radius 3 is 2.41 bits per heavy atom. The SMILES string of the molecule is Cc1ccc(C(C)(C)CNC(=O)N2CCC(CO)CC2)cc1. The standard InChI is InChI=1S/C18H28N2O2/c1-14-4-6-16(7-5-14)18(2,3)13-19-17(22)20-10-8-15(12-21)9-11-20/h4-7,15,21H,8-13H2,1-3H3,(H,19,22). The third kappa shape index (κ3) is 4.23. The number of aryl methyl sites for hydroxylation is 1. The van der Waals surface area contributed by atoms with Gasteiger partial charge in [-0.15, -0.1) is 0 Å². The number of nitrogens with one attached hydrogen (secondary N) is 1. The lowest BCUT2D eigenvalue weighted by molar-refractivity contribution is 0.136. The zero-order valence-electron chi connectivity index (χ0n) is 13.9. The summed E-state index contributed by atoms with van der Waals surface area (Å²) in [5, 5.41) is 12.2. The van der Waals surface area contributed by atoms with E-state index in [-0.39, 0.29) is 18.1 Å². The van der Waals surface area contributed by atoms with E-state index in [1.165, 1.54) is 11.1 Å². The summed E-state index contributed by atoms with van der Waals surface area (Å²) in [6.07, 6.45) is 1.79. The number of aliphatic hydroxyl groups excluding tert-OH is 1. The van der Waals surface area contributed by atoms with E-state index in [0.29, 0.717) is 12.5 Å². The highest BCUT2D eigenvalue weighted by atomic mass is 16.3. The molecule has 1 aliphatic heterocycles. The van der Waals surface area contributed by atoms with E-state index < -0.39 is 0 Å². The van der Waals surface area contributed by atoms with Crippen molar-refractivity contribution in [1.82, 2.24) is 10.2 Å². The van der Waals surface area contributed by atoms with Crippen molar-refractivity contribution in [2.24, 2.45) is 5.92 Å². The van der Waals surface area contributed by atoms with Crippen LogP contribution >= 0.6 is 0 Å². The second-order valence-electron chi connectivity index (χ2n) is 7.02. The molecule has 1 aromatic carbocycles. The van der Waals surface area contributed by atoms with Gasteiger partial charge in [0.15, 0.2) is 0 Å². The lowest BCUT2D eigenvalue weighted by atomic mass is 9.84. The zero-order valence-corrected chi connectivity index (χ0v) is 13.9. The van der Waals surface area contributed by atoms with Crippen molar-refractivity contribution in [3.05, 3.63) is 35.4 Å². The molecule has 0 atom stereocenters. The number of amides is 2. The number of urea groups is 1. The fourth-order valence-corrected chi connectivity index (χ4v) is 2.83. The number of benzene rings is 1. The molecule has 2 rings (SSSR count). The predicted octanol–water partition coefficient (Wildman–Crippen LogP) is 2.69. The fourth-order valence-electron chi connectivity index (χ4n) is 2.83. The van der Waals surface area contributed by atoms with Gasteiger partial charge in [0, 0.05) is 31.7 Å². The summed E-state index contributed by atoms with van der Waals surface area (Å²) in [6, 6.07) is 8.50. The Hall–Kier alpha value is -1.55. The quantitative estimate of drug-likeness (QED) is 0.898. The molecule has 2 amide bonds. The number of likely N-dealkylation sites (tertiary alicyclic amines) is 1. The first kappa shape index (κ1) is 16.8. The Morgan fingerprint density at radius 1 is 1.27 bits per heavy atom. The molecule has 0 bridgehead atoms. The van der Waals surface area contributed by atoms with Crippen LogP contribution in [0.4, 0.5) is 4.79 Å². The number of hydrogen-bond acceptors (Lipinski definition) is 2. The van der Waals surface area contributed by atoms with Crippen LogP contribution in [0.5, 0.6) is 0 Å². The lowest BCUT2D eigenvalue weighted by Gasteiger charge is -2.33. The number of aliphatic hydroxyl groups is 1. The summed E-state index contributed by atoms with van der Waals surface area (Å²) < 4.78 is 0. The number of rotatable bonds is 4. The van der Waals surface area contributed by atoms with Crippen molar-refractivity contribution in [1.29, 1.82) is 0 Å². The smallest absolute Gasteiger partial charge is 0.317 e. The topological polar surface area (TPSA) is 52.6 Å². The van der Waals surface area contributed by atoms with E-state index in [2.05, 4.69) is 50.4 Å². The third-order valence-corrected chi connectivity index (χ3v) is 4.67. The van der Waals surface area contributed by atoms with Crippen LogP contribution in [0.2, 0.25) is 0 Å². The van der Waals surface area contributed by atoms with Crippen molar-refractivity contribution < 1.29 is 9.90 Å². The zero-order chi connectivity index (χ0) is 16.2. The monoisotopic (exact) mass is 304 g/mol. The van der Waals surface area contributed by atoms with E-state index in [0.717, 1.165) is 25.9 Å². The van der Waals surface area contributed by atoms with Gasteiger partial charge < -0.3 is 15.3 Å². The maximum absolute atomic E-state index is 12.3. The maximum atomic E-state index is 12.3. The predicted molar refractivity (Wildman–Crippen MR) is 89.0 cm³/mol. The average molecular weight is 304 g/mol. The summed E-state index contributed by atoms with van der Waals surface area (Å²) in [4.78, 5) is 14.1. The van der Waals surface area contributed by atoms with Crippen molar-refractivity contribution >= 4 is 6.03 Å². The number of piperidine rings is 1. The van der Waals surface area contributed by atoms with Crippen molar-refractivity contribution in [3.8, 4) is 0 Å². The molecule has 1 fully saturated rings. The first-order valence-electron chi connectivity index (χ1n) is 8.13. The molecule has 1 heterocycles. The summed E-state index contributed by atoms with van der Waals surface area (Å²) in [5.41, 5.74) is 2.39. The fraction of sp³-hybridized carbons (Fsp3) is 0.611. The van der Waals surface area contributed by atoms with Crippen LogP contribution in [0.15, 0.2) is 24.3 Å². The highest BCUT2D eigenvalue weighted by molar-refractivity contribution is 5.74. The molecule has 22 heavy (non-hydrogen) atoms. The van der Waals surface area contributed by atoms with Gasteiger partial charge in [-0.25, -0.2) is 4.79 Å². The van der Waals surface area contributed by atoms with Gasteiger partial charge in [-0.3, -0.25) is 0 Å². The van der Waals surface area contributed by atoms with E-state index in [1.54, 1.807) is 0 Å². The van der Waals surface area contributed by atoms with Gasteiger partial charge in [0.2, 0.25) is 0 Å². The molecule has 1 aliphatic rings. The van der Waals surface area contributed by atoms with Crippen LogP contribution in [-0.4, -0.2) is 42.3 Å². The summed E-state index contributed by atoms with van der Waals surface area (Å²) in [6.45, 7) is 8.70. The second-order valence-corrected chi connectivity index (χ2v) is 7.02. The summed E-state index contributed by atoms with van der Waals surface area (Å²) in [7, 11) is 0. The van der Waals surface area contributed by atoms with Crippen LogP contribution in [-0.2, 0) is 5.41 Å². The second kappa shape index (κ2) is 7.14. The van der Waals surface area contributed by atoms with E-state index in [1.807, 2.05) is 4.90 Å². The molecular weight excluding hydrogens is 276 g/mol. The van der Waals surface area contributed by atoms with E-state index in [9.17, 15) is 4.79 Å². The molecule has 0 unspecified atom stereocenters. The molecule has 0 spiro atoms. The highest BCUT2D eigenvalue weighted by Gasteiger charge is 2.25. The van der Waals surface area contributed by atoms with E-state index >= 15 is 0 Å². The number of nitrogens with zero attached hydrogens (tertiary/aromatic N) is 1. The number of carbonyl (C=O) groups excluding carboxylic acids is 1. The van der Waals surface area contributed by atoms with Gasteiger partial charge in [0.05, 0.1) is 0 Å². The largest absolute Gasteiger partial charge is 0.396 e. The normalized spacial score (nSPS) is 16.6. The van der Waals surface area contributed by atoms with Crippen LogP contribution < -0.4 is 5.32 Å². The van der Waals surface area contributed by atoms with Gasteiger partial charge in [-0.1, -0.05) is 43.7 Å². The van der Waals surface area contributed by atoms with Crippen molar-refractivity contribution in [2.75, 3.05) is 26.2 Å². The molecule has 0 aromatic heterocycles. The molecular formula is C18H28N2O2. The molecule has 1 aromatic rings. The number of carbonyl (C=O) groups is 1. The Morgan fingerprint density at radius 2 is 1.86 bits per heavy atom. The Balaban J connectivity index is 1.86. The Bertz CT molecular complexity index is 488. The molecule has 122 valence electrons. The van der Waals surface area contributed by atoms with Gasteiger partial charge in [-0.05, 0) is 31.2 Å². The van der Waals surface area contributed by atoms with Crippen LogP contribution in [0.25, 0.3) is 0 Å². The van der Waals surface area contributed by atoms with Gasteiger partial charge >= 0.3 is 6.03 Å². The molecule has 2 N–H and O–H groups in total. The molecule has 4 heteroatoms. The lowest BCUT2D eigenvalue weighted by Crippen LogP contribution is -2.47. The Kier molecular flexibility index (Phi) is 5.46. The third-order valence-electron chi connectivity index (χ3n) is 4.67.